The summed E-state index contributed by atoms with van der Waals surface area (Å²) in [6, 6.07) is 7.36. The van der Waals surface area contributed by atoms with E-state index in [4.69, 9.17) is 23.2 Å². The number of hydrogen-bond donors (Lipinski definition) is 1. The standard InChI is InChI=1S/C15H16Cl2N2O2S/c1-2-22(20,21)19-7-6-11-8-12(10-18-9-11)13-4-3-5-14(16)15(13)17/h3-5,8-10,19H,2,6-7H2,1H3. The Morgan fingerprint density at radius 2 is 2.00 bits per heavy atom. The average Bonchev–Trinajstić information content (AvgIpc) is 2.50. The average molecular weight is 359 g/mol. The van der Waals surface area contributed by atoms with Crippen LogP contribution in [0.4, 0.5) is 0 Å². The van der Waals surface area contributed by atoms with Gasteiger partial charge >= 0.3 is 0 Å². The van der Waals surface area contributed by atoms with E-state index in [0.717, 1.165) is 16.7 Å². The largest absolute Gasteiger partial charge is 0.264 e. The number of aromatic nitrogens is 1. The van der Waals surface area contributed by atoms with Crippen LogP contribution in [0.2, 0.25) is 10.0 Å². The summed E-state index contributed by atoms with van der Waals surface area (Å²) in [6.45, 7) is 1.94. The van der Waals surface area contributed by atoms with E-state index in [0.29, 0.717) is 23.0 Å². The fourth-order valence-electron chi connectivity index (χ4n) is 1.95. The lowest BCUT2D eigenvalue weighted by Gasteiger charge is -2.08. The van der Waals surface area contributed by atoms with E-state index in [1.165, 1.54) is 0 Å². The highest BCUT2D eigenvalue weighted by Gasteiger charge is 2.09. The predicted octanol–water partition coefficient (Wildman–Crippen LogP) is 3.54. The van der Waals surface area contributed by atoms with Gasteiger partial charge in [0.15, 0.2) is 0 Å². The molecule has 1 N–H and O–H groups in total. The first-order valence-corrected chi connectivity index (χ1v) is 9.19. The molecule has 0 aliphatic heterocycles. The van der Waals surface area contributed by atoms with Gasteiger partial charge in [0, 0.05) is 30.1 Å². The summed E-state index contributed by atoms with van der Waals surface area (Å²) in [7, 11) is -3.17. The minimum absolute atomic E-state index is 0.0728. The highest BCUT2D eigenvalue weighted by Crippen LogP contribution is 2.33. The molecular weight excluding hydrogens is 343 g/mol. The lowest BCUT2D eigenvalue weighted by atomic mass is 10.0. The van der Waals surface area contributed by atoms with Crippen LogP contribution in [-0.4, -0.2) is 25.7 Å². The molecule has 0 fully saturated rings. The van der Waals surface area contributed by atoms with Gasteiger partial charge in [-0.15, -0.1) is 0 Å². The Labute approximate surface area is 140 Å². The molecule has 2 aromatic rings. The molecule has 0 saturated heterocycles. The van der Waals surface area contributed by atoms with Crippen molar-refractivity contribution in [2.75, 3.05) is 12.3 Å². The maximum absolute atomic E-state index is 11.4. The van der Waals surface area contributed by atoms with E-state index in [1.54, 1.807) is 25.4 Å². The number of benzene rings is 1. The van der Waals surface area contributed by atoms with Crippen molar-refractivity contribution < 1.29 is 8.42 Å². The van der Waals surface area contributed by atoms with Crippen LogP contribution in [0.15, 0.2) is 36.7 Å². The second kappa shape index (κ2) is 7.42. The van der Waals surface area contributed by atoms with Gasteiger partial charge in [0.25, 0.3) is 0 Å². The van der Waals surface area contributed by atoms with Crippen LogP contribution in [0.1, 0.15) is 12.5 Å². The van der Waals surface area contributed by atoms with Gasteiger partial charge in [0.1, 0.15) is 0 Å². The monoisotopic (exact) mass is 358 g/mol. The van der Waals surface area contributed by atoms with E-state index in [9.17, 15) is 8.42 Å². The number of sulfonamides is 1. The summed E-state index contributed by atoms with van der Waals surface area (Å²) in [4.78, 5) is 4.19. The Bertz CT molecular complexity index is 764. The number of hydrogen-bond acceptors (Lipinski definition) is 3. The predicted molar refractivity (Wildman–Crippen MR) is 90.9 cm³/mol. The molecule has 4 nitrogen and oxygen atoms in total. The van der Waals surface area contributed by atoms with Crippen LogP contribution >= 0.6 is 23.2 Å². The second-order valence-electron chi connectivity index (χ2n) is 4.73. The van der Waals surface area contributed by atoms with Gasteiger partial charge in [-0.25, -0.2) is 13.1 Å². The molecule has 22 heavy (non-hydrogen) atoms. The Kier molecular flexibility index (Phi) is 5.81. The maximum atomic E-state index is 11.4. The highest BCUT2D eigenvalue weighted by molar-refractivity contribution is 7.89. The third-order valence-corrected chi connectivity index (χ3v) is 5.40. The van der Waals surface area contributed by atoms with E-state index in [1.807, 2.05) is 18.2 Å². The van der Waals surface area contributed by atoms with E-state index >= 15 is 0 Å². The molecule has 0 atom stereocenters. The van der Waals surface area contributed by atoms with Gasteiger partial charge in [-0.1, -0.05) is 35.3 Å². The number of nitrogens with one attached hydrogen (secondary N) is 1. The Balaban J connectivity index is 2.15. The van der Waals surface area contributed by atoms with Crippen molar-refractivity contribution in [3.05, 3.63) is 52.3 Å². The summed E-state index contributed by atoms with van der Waals surface area (Å²) in [5, 5.41) is 0.968. The molecule has 2 rings (SSSR count). The molecule has 118 valence electrons. The molecule has 0 spiro atoms. The maximum Gasteiger partial charge on any atom is 0.211 e. The zero-order valence-electron chi connectivity index (χ0n) is 12.0. The van der Waals surface area contributed by atoms with Crippen LogP contribution < -0.4 is 4.72 Å². The summed E-state index contributed by atoms with van der Waals surface area (Å²) in [5.41, 5.74) is 2.58. The number of rotatable bonds is 6. The van der Waals surface area contributed by atoms with Crippen LogP contribution in [-0.2, 0) is 16.4 Å². The second-order valence-corrected chi connectivity index (χ2v) is 7.61. The first-order valence-electron chi connectivity index (χ1n) is 6.78. The molecule has 1 aromatic heterocycles. The minimum Gasteiger partial charge on any atom is -0.264 e. The quantitative estimate of drug-likeness (QED) is 0.858. The van der Waals surface area contributed by atoms with E-state index in [-0.39, 0.29) is 5.75 Å². The molecule has 1 heterocycles. The normalized spacial score (nSPS) is 11.6. The fraction of sp³-hybridized carbons (Fsp3) is 0.267. The van der Waals surface area contributed by atoms with Crippen molar-refractivity contribution in [3.63, 3.8) is 0 Å². The third-order valence-electron chi connectivity index (χ3n) is 3.17. The van der Waals surface area contributed by atoms with Gasteiger partial charge in [0.05, 0.1) is 15.8 Å². The van der Waals surface area contributed by atoms with Gasteiger partial charge in [0.2, 0.25) is 10.0 Å². The number of nitrogens with zero attached hydrogens (tertiary/aromatic N) is 1. The molecule has 0 radical (unpaired) electrons. The van der Waals surface area contributed by atoms with E-state index in [2.05, 4.69) is 9.71 Å². The zero-order chi connectivity index (χ0) is 16.2. The van der Waals surface area contributed by atoms with Crippen molar-refractivity contribution in [1.82, 2.24) is 9.71 Å². The molecule has 0 amide bonds. The zero-order valence-corrected chi connectivity index (χ0v) is 14.3. The van der Waals surface area contributed by atoms with Crippen molar-refractivity contribution in [3.8, 4) is 11.1 Å². The third kappa shape index (κ3) is 4.43. The van der Waals surface area contributed by atoms with Crippen molar-refractivity contribution in [2.24, 2.45) is 0 Å². The minimum atomic E-state index is -3.17. The summed E-state index contributed by atoms with van der Waals surface area (Å²) >= 11 is 12.2. The summed E-state index contributed by atoms with van der Waals surface area (Å²) in [5.74, 6) is 0.0728. The number of pyridine rings is 1. The highest BCUT2D eigenvalue weighted by atomic mass is 35.5. The molecule has 0 bridgehead atoms. The lowest BCUT2D eigenvalue weighted by Crippen LogP contribution is -2.27. The Hall–Kier alpha value is -1.14. The van der Waals surface area contributed by atoms with Crippen molar-refractivity contribution in [1.29, 1.82) is 0 Å². The molecular formula is C15H16Cl2N2O2S. The van der Waals surface area contributed by atoms with Crippen molar-refractivity contribution >= 4 is 33.2 Å². The Morgan fingerprint density at radius 3 is 2.73 bits per heavy atom. The summed E-state index contributed by atoms with van der Waals surface area (Å²) < 4.78 is 25.3. The van der Waals surface area contributed by atoms with Gasteiger partial charge in [-0.05, 0) is 31.0 Å². The fourth-order valence-corrected chi connectivity index (χ4v) is 2.98. The molecule has 7 heteroatoms. The first kappa shape index (κ1) is 17.2. The van der Waals surface area contributed by atoms with Crippen molar-refractivity contribution in [2.45, 2.75) is 13.3 Å². The van der Waals surface area contributed by atoms with Crippen LogP contribution in [0.3, 0.4) is 0 Å². The topological polar surface area (TPSA) is 59.1 Å². The van der Waals surface area contributed by atoms with Crippen LogP contribution in [0.25, 0.3) is 11.1 Å². The lowest BCUT2D eigenvalue weighted by molar-refractivity contribution is 0.583. The molecule has 0 saturated carbocycles. The van der Waals surface area contributed by atoms with Crippen LogP contribution in [0, 0.1) is 0 Å². The van der Waals surface area contributed by atoms with Crippen LogP contribution in [0.5, 0.6) is 0 Å². The van der Waals surface area contributed by atoms with Gasteiger partial charge in [-0.2, -0.15) is 0 Å². The number of halogens is 2. The molecule has 0 aliphatic rings. The smallest absolute Gasteiger partial charge is 0.211 e. The van der Waals surface area contributed by atoms with Gasteiger partial charge in [-0.3, -0.25) is 4.98 Å². The summed E-state index contributed by atoms with van der Waals surface area (Å²) in [6.07, 6.45) is 3.97. The molecule has 0 aliphatic carbocycles. The van der Waals surface area contributed by atoms with Gasteiger partial charge < -0.3 is 0 Å². The molecule has 1 aromatic carbocycles. The SMILES string of the molecule is CCS(=O)(=O)NCCc1cncc(-c2cccc(Cl)c2Cl)c1. The first-order chi connectivity index (χ1) is 10.4. The van der Waals surface area contributed by atoms with E-state index < -0.39 is 10.0 Å². The molecule has 0 unspecified atom stereocenters. The Morgan fingerprint density at radius 1 is 1.23 bits per heavy atom.